The molecule has 0 aliphatic carbocycles. The molecule has 0 aliphatic heterocycles. The van der Waals surface area contributed by atoms with Crippen molar-refractivity contribution in [1.82, 2.24) is 0 Å². The van der Waals surface area contributed by atoms with Crippen LogP contribution >= 0.6 is 23.2 Å². The maximum atomic E-state index is 13.1. The molecule has 1 unspecified atom stereocenters. The molecule has 0 fully saturated rings. The van der Waals surface area contributed by atoms with Crippen LogP contribution in [0.2, 0.25) is 10.0 Å². The van der Waals surface area contributed by atoms with E-state index in [9.17, 15) is 14.0 Å². The van der Waals surface area contributed by atoms with E-state index in [-0.39, 0.29) is 21.3 Å². The van der Waals surface area contributed by atoms with Gasteiger partial charge in [0.2, 0.25) is 0 Å². The van der Waals surface area contributed by atoms with Crippen molar-refractivity contribution in [1.29, 1.82) is 0 Å². The van der Waals surface area contributed by atoms with E-state index >= 15 is 0 Å². The Kier molecular flexibility index (Phi) is 5.58. The minimum absolute atomic E-state index is 0.0527. The van der Waals surface area contributed by atoms with E-state index in [4.69, 9.17) is 27.9 Å². The number of carbonyl (C=O) groups excluding carboxylic acids is 2. The second-order valence-corrected chi connectivity index (χ2v) is 5.43. The first-order valence-corrected chi connectivity index (χ1v) is 7.35. The number of halogens is 3. The Labute approximate surface area is 142 Å². The third kappa shape index (κ3) is 4.43. The molecule has 0 saturated carbocycles. The number of amides is 1. The maximum absolute atomic E-state index is 13.1. The molecule has 2 aromatic rings. The van der Waals surface area contributed by atoms with Crippen LogP contribution in [0.1, 0.15) is 17.3 Å². The van der Waals surface area contributed by atoms with Crippen molar-refractivity contribution < 1.29 is 18.7 Å². The van der Waals surface area contributed by atoms with E-state index in [1.165, 1.54) is 37.3 Å². The van der Waals surface area contributed by atoms with Crippen molar-refractivity contribution in [2.24, 2.45) is 0 Å². The second-order valence-electron chi connectivity index (χ2n) is 4.65. The first-order valence-electron chi connectivity index (χ1n) is 6.60. The molecule has 0 radical (unpaired) electrons. The van der Waals surface area contributed by atoms with Gasteiger partial charge in [-0.25, -0.2) is 9.18 Å². The van der Waals surface area contributed by atoms with Crippen molar-refractivity contribution in [3.63, 3.8) is 0 Å². The number of nitrogens with one attached hydrogen (secondary N) is 1. The predicted octanol–water partition coefficient (Wildman–Crippen LogP) is 4.32. The summed E-state index contributed by atoms with van der Waals surface area (Å²) in [6.07, 6.45) is -1.10. The van der Waals surface area contributed by atoms with Crippen molar-refractivity contribution in [3.8, 4) is 0 Å². The van der Waals surface area contributed by atoms with Gasteiger partial charge in [0.05, 0.1) is 15.6 Å². The zero-order valence-electron chi connectivity index (χ0n) is 12.0. The molecule has 0 aliphatic rings. The molecule has 1 atom stereocenters. The van der Waals surface area contributed by atoms with Crippen LogP contribution in [-0.4, -0.2) is 18.0 Å². The summed E-state index contributed by atoms with van der Waals surface area (Å²) in [5.74, 6) is -1.86. The number of ether oxygens (including phenoxy) is 1. The first-order chi connectivity index (χ1) is 10.9. The molecule has 1 N–H and O–H groups in total. The third-order valence-electron chi connectivity index (χ3n) is 2.92. The number of esters is 1. The van der Waals surface area contributed by atoms with Crippen LogP contribution in [0.4, 0.5) is 10.1 Å². The van der Waals surface area contributed by atoms with Crippen molar-refractivity contribution in [3.05, 3.63) is 63.9 Å². The van der Waals surface area contributed by atoms with Gasteiger partial charge in [0.1, 0.15) is 5.82 Å². The molecule has 0 bridgehead atoms. The molecule has 120 valence electrons. The number of rotatable bonds is 4. The standard InChI is InChI=1S/C16H12Cl2FNO3/c1-9(15(21)20-11-5-2-4-10(19)8-11)23-16(22)12-6-3-7-13(17)14(12)18/h2-9H,1H3,(H,20,21). The predicted molar refractivity (Wildman–Crippen MR) is 86.4 cm³/mol. The average Bonchev–Trinajstić information content (AvgIpc) is 2.49. The highest BCUT2D eigenvalue weighted by atomic mass is 35.5. The molecular formula is C16H12Cl2FNO3. The summed E-state index contributed by atoms with van der Waals surface area (Å²) in [6, 6.07) is 9.88. The van der Waals surface area contributed by atoms with E-state index in [0.29, 0.717) is 0 Å². The molecule has 4 nitrogen and oxygen atoms in total. The Bertz CT molecular complexity index is 752. The Morgan fingerprint density at radius 2 is 1.87 bits per heavy atom. The third-order valence-corrected chi connectivity index (χ3v) is 3.74. The number of anilines is 1. The van der Waals surface area contributed by atoms with Gasteiger partial charge in [-0.3, -0.25) is 4.79 Å². The normalized spacial score (nSPS) is 11.7. The number of hydrogen-bond acceptors (Lipinski definition) is 3. The largest absolute Gasteiger partial charge is 0.449 e. The van der Waals surface area contributed by atoms with Gasteiger partial charge in [-0.15, -0.1) is 0 Å². The van der Waals surface area contributed by atoms with Crippen LogP contribution in [0, 0.1) is 5.82 Å². The minimum Gasteiger partial charge on any atom is -0.449 e. The van der Waals surface area contributed by atoms with Crippen LogP contribution in [0.5, 0.6) is 0 Å². The fourth-order valence-corrected chi connectivity index (χ4v) is 2.13. The topological polar surface area (TPSA) is 55.4 Å². The molecule has 0 heterocycles. The van der Waals surface area contributed by atoms with Gasteiger partial charge in [-0.05, 0) is 37.3 Å². The Hall–Kier alpha value is -2.11. The van der Waals surface area contributed by atoms with Crippen molar-refractivity contribution in [2.75, 3.05) is 5.32 Å². The Morgan fingerprint density at radius 3 is 2.57 bits per heavy atom. The molecule has 2 aromatic carbocycles. The molecule has 1 amide bonds. The fourth-order valence-electron chi connectivity index (χ4n) is 1.75. The fraction of sp³-hybridized carbons (Fsp3) is 0.125. The van der Waals surface area contributed by atoms with E-state index in [1.807, 2.05) is 0 Å². The van der Waals surface area contributed by atoms with Crippen LogP contribution in [-0.2, 0) is 9.53 Å². The summed E-state index contributed by atoms with van der Waals surface area (Å²) in [5.41, 5.74) is 0.322. The summed E-state index contributed by atoms with van der Waals surface area (Å²) >= 11 is 11.7. The highest BCUT2D eigenvalue weighted by Crippen LogP contribution is 2.26. The van der Waals surface area contributed by atoms with Crippen molar-refractivity contribution in [2.45, 2.75) is 13.0 Å². The Balaban J connectivity index is 2.03. The van der Waals surface area contributed by atoms with E-state index in [2.05, 4.69) is 5.32 Å². The first kappa shape index (κ1) is 17.2. The van der Waals surface area contributed by atoms with Gasteiger partial charge in [0.25, 0.3) is 5.91 Å². The Morgan fingerprint density at radius 1 is 1.17 bits per heavy atom. The lowest BCUT2D eigenvalue weighted by Crippen LogP contribution is -2.30. The van der Waals surface area contributed by atoms with Gasteiger partial charge in [-0.2, -0.15) is 0 Å². The summed E-state index contributed by atoms with van der Waals surface area (Å²) < 4.78 is 18.1. The van der Waals surface area contributed by atoms with Crippen LogP contribution < -0.4 is 5.32 Å². The summed E-state index contributed by atoms with van der Waals surface area (Å²) in [4.78, 5) is 24.0. The monoisotopic (exact) mass is 355 g/mol. The number of carbonyl (C=O) groups is 2. The molecule has 0 aromatic heterocycles. The smallest absolute Gasteiger partial charge is 0.340 e. The summed E-state index contributed by atoms with van der Waals surface area (Å²) in [5, 5.41) is 2.71. The lowest BCUT2D eigenvalue weighted by Gasteiger charge is -2.14. The lowest BCUT2D eigenvalue weighted by atomic mass is 10.2. The minimum atomic E-state index is -1.10. The average molecular weight is 356 g/mol. The summed E-state index contributed by atoms with van der Waals surface area (Å²) in [6.45, 7) is 1.39. The van der Waals surface area contributed by atoms with Crippen LogP contribution in [0.25, 0.3) is 0 Å². The van der Waals surface area contributed by atoms with Crippen LogP contribution in [0.3, 0.4) is 0 Å². The summed E-state index contributed by atoms with van der Waals surface area (Å²) in [7, 11) is 0. The second kappa shape index (κ2) is 7.44. The number of hydrogen-bond donors (Lipinski definition) is 1. The lowest BCUT2D eigenvalue weighted by molar-refractivity contribution is -0.123. The van der Waals surface area contributed by atoms with Gasteiger partial charge < -0.3 is 10.1 Å². The van der Waals surface area contributed by atoms with Crippen LogP contribution in [0.15, 0.2) is 42.5 Å². The maximum Gasteiger partial charge on any atom is 0.340 e. The molecule has 23 heavy (non-hydrogen) atoms. The van der Waals surface area contributed by atoms with Gasteiger partial charge in [0, 0.05) is 5.69 Å². The number of benzene rings is 2. The molecular weight excluding hydrogens is 344 g/mol. The molecule has 7 heteroatoms. The quantitative estimate of drug-likeness (QED) is 0.831. The molecule has 0 spiro atoms. The highest BCUT2D eigenvalue weighted by Gasteiger charge is 2.21. The van der Waals surface area contributed by atoms with E-state index in [1.54, 1.807) is 6.07 Å². The zero-order chi connectivity index (χ0) is 17.0. The van der Waals surface area contributed by atoms with Gasteiger partial charge in [-0.1, -0.05) is 35.3 Å². The molecule has 2 rings (SSSR count). The van der Waals surface area contributed by atoms with Gasteiger partial charge >= 0.3 is 5.97 Å². The molecule has 0 saturated heterocycles. The van der Waals surface area contributed by atoms with E-state index < -0.39 is 23.8 Å². The van der Waals surface area contributed by atoms with Gasteiger partial charge in [0.15, 0.2) is 6.10 Å². The zero-order valence-corrected chi connectivity index (χ0v) is 13.5. The van der Waals surface area contributed by atoms with Crippen molar-refractivity contribution >= 4 is 40.8 Å². The highest BCUT2D eigenvalue weighted by molar-refractivity contribution is 6.43. The SMILES string of the molecule is CC(OC(=O)c1cccc(Cl)c1Cl)C(=O)Nc1cccc(F)c1. The van der Waals surface area contributed by atoms with E-state index in [0.717, 1.165) is 6.07 Å².